The van der Waals surface area contributed by atoms with Crippen LogP contribution in [0, 0.1) is 0 Å². The smallest absolute Gasteiger partial charge is 0.157 e. The second kappa shape index (κ2) is 6.48. The molecule has 0 spiro atoms. The quantitative estimate of drug-likeness (QED) is 0.770. The van der Waals surface area contributed by atoms with Crippen molar-refractivity contribution in [1.82, 2.24) is 9.97 Å². The van der Waals surface area contributed by atoms with Gasteiger partial charge in [-0.25, -0.2) is 9.97 Å². The molecule has 1 heterocycles. The van der Waals surface area contributed by atoms with Gasteiger partial charge in [0.1, 0.15) is 6.10 Å². The van der Waals surface area contributed by atoms with E-state index in [0.717, 1.165) is 30.8 Å². The Morgan fingerprint density at radius 1 is 1.53 bits per heavy atom. The van der Waals surface area contributed by atoms with Crippen molar-refractivity contribution < 1.29 is 4.74 Å². The normalized spacial score (nSPS) is 12.7. The summed E-state index contributed by atoms with van der Waals surface area (Å²) in [7, 11) is 1.69. The number of hydrogen-bond donors (Lipinski definition) is 1. The molecular weight excluding hydrogens is 190 g/mol. The predicted octanol–water partition coefficient (Wildman–Crippen LogP) is 1.47. The van der Waals surface area contributed by atoms with Crippen LogP contribution in [0.2, 0.25) is 0 Å². The molecule has 0 fully saturated rings. The zero-order chi connectivity index (χ0) is 11.1. The average Bonchev–Trinajstić information content (AvgIpc) is 2.27. The maximum Gasteiger partial charge on any atom is 0.157 e. The fourth-order valence-electron chi connectivity index (χ4n) is 1.47. The van der Waals surface area contributed by atoms with Crippen LogP contribution in [0.5, 0.6) is 0 Å². The topological polar surface area (TPSA) is 61.0 Å². The fourth-order valence-corrected chi connectivity index (χ4v) is 1.47. The highest BCUT2D eigenvalue weighted by molar-refractivity contribution is 5.04. The predicted molar refractivity (Wildman–Crippen MR) is 59.4 cm³/mol. The van der Waals surface area contributed by atoms with Crippen LogP contribution in [0.1, 0.15) is 37.4 Å². The third kappa shape index (κ3) is 3.57. The SMILES string of the molecule is CCCC(OC)c1nccc(CCN)n1. The molecule has 0 radical (unpaired) electrons. The molecule has 0 saturated carbocycles. The third-order valence-electron chi connectivity index (χ3n) is 2.26. The van der Waals surface area contributed by atoms with Gasteiger partial charge in [0.25, 0.3) is 0 Å². The van der Waals surface area contributed by atoms with Crippen LogP contribution >= 0.6 is 0 Å². The first-order valence-electron chi connectivity index (χ1n) is 5.36. The minimum Gasteiger partial charge on any atom is -0.373 e. The molecule has 1 unspecified atom stereocenters. The summed E-state index contributed by atoms with van der Waals surface area (Å²) in [4.78, 5) is 8.67. The molecule has 15 heavy (non-hydrogen) atoms. The molecular formula is C11H19N3O. The molecule has 0 aliphatic rings. The van der Waals surface area contributed by atoms with E-state index in [1.807, 2.05) is 6.07 Å². The largest absolute Gasteiger partial charge is 0.373 e. The molecule has 84 valence electrons. The molecule has 1 rings (SSSR count). The van der Waals surface area contributed by atoms with E-state index in [2.05, 4.69) is 16.9 Å². The summed E-state index contributed by atoms with van der Waals surface area (Å²) in [6.07, 6.45) is 4.58. The molecule has 0 amide bonds. The van der Waals surface area contributed by atoms with Crippen molar-refractivity contribution in [3.63, 3.8) is 0 Å². The first-order chi connectivity index (χ1) is 7.31. The van der Waals surface area contributed by atoms with Crippen LogP contribution < -0.4 is 5.73 Å². The molecule has 1 aromatic rings. The Bertz CT molecular complexity index is 291. The van der Waals surface area contributed by atoms with E-state index in [9.17, 15) is 0 Å². The Hall–Kier alpha value is -1.00. The Balaban J connectivity index is 2.77. The molecule has 1 atom stereocenters. The van der Waals surface area contributed by atoms with Gasteiger partial charge >= 0.3 is 0 Å². The van der Waals surface area contributed by atoms with E-state index in [1.165, 1.54) is 0 Å². The first kappa shape index (κ1) is 12.1. The van der Waals surface area contributed by atoms with Crippen molar-refractivity contribution in [1.29, 1.82) is 0 Å². The monoisotopic (exact) mass is 209 g/mol. The molecule has 2 N–H and O–H groups in total. The lowest BCUT2D eigenvalue weighted by Gasteiger charge is -2.13. The zero-order valence-corrected chi connectivity index (χ0v) is 9.44. The number of ether oxygens (including phenoxy) is 1. The number of aromatic nitrogens is 2. The van der Waals surface area contributed by atoms with Gasteiger partial charge in [0.2, 0.25) is 0 Å². The van der Waals surface area contributed by atoms with Gasteiger partial charge in [-0.05, 0) is 19.0 Å². The van der Waals surface area contributed by atoms with Gasteiger partial charge in [0, 0.05) is 25.4 Å². The van der Waals surface area contributed by atoms with E-state index in [0.29, 0.717) is 6.54 Å². The molecule has 0 aromatic carbocycles. The Morgan fingerprint density at radius 3 is 2.93 bits per heavy atom. The maximum atomic E-state index is 5.49. The molecule has 4 nitrogen and oxygen atoms in total. The van der Waals surface area contributed by atoms with Gasteiger partial charge in [0.15, 0.2) is 5.82 Å². The van der Waals surface area contributed by atoms with Gasteiger partial charge < -0.3 is 10.5 Å². The summed E-state index contributed by atoms with van der Waals surface area (Å²) in [5.74, 6) is 0.769. The van der Waals surface area contributed by atoms with Gasteiger partial charge in [-0.1, -0.05) is 13.3 Å². The van der Waals surface area contributed by atoms with Crippen LogP contribution in [0.25, 0.3) is 0 Å². The lowest BCUT2D eigenvalue weighted by molar-refractivity contribution is 0.0874. The summed E-state index contributed by atoms with van der Waals surface area (Å²) in [5, 5.41) is 0. The zero-order valence-electron chi connectivity index (χ0n) is 9.44. The number of nitrogens with zero attached hydrogens (tertiary/aromatic N) is 2. The maximum absolute atomic E-state index is 5.49. The van der Waals surface area contributed by atoms with Crippen LogP contribution in [0.15, 0.2) is 12.3 Å². The van der Waals surface area contributed by atoms with E-state index >= 15 is 0 Å². The summed E-state index contributed by atoms with van der Waals surface area (Å²) in [6, 6.07) is 1.90. The number of nitrogens with two attached hydrogens (primary N) is 1. The summed E-state index contributed by atoms with van der Waals surface area (Å²) < 4.78 is 5.35. The Kier molecular flexibility index (Phi) is 5.21. The van der Waals surface area contributed by atoms with Crippen molar-refractivity contribution >= 4 is 0 Å². The van der Waals surface area contributed by atoms with Crippen molar-refractivity contribution in [3.8, 4) is 0 Å². The second-order valence-corrected chi connectivity index (χ2v) is 3.46. The molecule has 4 heteroatoms. The van der Waals surface area contributed by atoms with E-state index < -0.39 is 0 Å². The third-order valence-corrected chi connectivity index (χ3v) is 2.26. The van der Waals surface area contributed by atoms with Crippen molar-refractivity contribution in [2.24, 2.45) is 5.73 Å². The minimum atomic E-state index is 0.00715. The highest BCUT2D eigenvalue weighted by Crippen LogP contribution is 2.17. The first-order valence-corrected chi connectivity index (χ1v) is 5.36. The molecule has 0 bridgehead atoms. The number of hydrogen-bond acceptors (Lipinski definition) is 4. The van der Waals surface area contributed by atoms with Crippen LogP contribution in [-0.2, 0) is 11.2 Å². The van der Waals surface area contributed by atoms with Crippen molar-refractivity contribution in [3.05, 3.63) is 23.8 Å². The average molecular weight is 209 g/mol. The van der Waals surface area contributed by atoms with Gasteiger partial charge in [-0.2, -0.15) is 0 Å². The van der Waals surface area contributed by atoms with Crippen LogP contribution in [-0.4, -0.2) is 23.6 Å². The number of methoxy groups -OCH3 is 1. The van der Waals surface area contributed by atoms with Crippen LogP contribution in [0.4, 0.5) is 0 Å². The Morgan fingerprint density at radius 2 is 2.33 bits per heavy atom. The summed E-state index contributed by atoms with van der Waals surface area (Å²) >= 11 is 0. The molecule has 0 aliphatic heterocycles. The number of rotatable bonds is 6. The summed E-state index contributed by atoms with van der Waals surface area (Å²) in [5.41, 5.74) is 6.47. The molecule has 1 aromatic heterocycles. The van der Waals surface area contributed by atoms with Gasteiger partial charge in [-0.15, -0.1) is 0 Å². The van der Waals surface area contributed by atoms with E-state index in [1.54, 1.807) is 13.3 Å². The van der Waals surface area contributed by atoms with Crippen molar-refractivity contribution in [2.45, 2.75) is 32.3 Å². The lowest BCUT2D eigenvalue weighted by Crippen LogP contribution is -2.10. The second-order valence-electron chi connectivity index (χ2n) is 3.46. The van der Waals surface area contributed by atoms with E-state index in [4.69, 9.17) is 10.5 Å². The highest BCUT2D eigenvalue weighted by Gasteiger charge is 2.12. The van der Waals surface area contributed by atoms with Crippen molar-refractivity contribution in [2.75, 3.05) is 13.7 Å². The highest BCUT2D eigenvalue weighted by atomic mass is 16.5. The van der Waals surface area contributed by atoms with Crippen LogP contribution in [0.3, 0.4) is 0 Å². The lowest BCUT2D eigenvalue weighted by atomic mass is 10.2. The summed E-state index contributed by atoms with van der Waals surface area (Å²) in [6.45, 7) is 2.73. The minimum absolute atomic E-state index is 0.00715. The standard InChI is InChI=1S/C11H19N3O/c1-3-4-10(15-2)11-13-8-6-9(14-11)5-7-12/h6,8,10H,3-5,7,12H2,1-2H3. The molecule has 0 aliphatic carbocycles. The van der Waals surface area contributed by atoms with E-state index in [-0.39, 0.29) is 6.10 Å². The fraction of sp³-hybridized carbons (Fsp3) is 0.636. The Labute approximate surface area is 90.9 Å². The molecule has 0 saturated heterocycles. The van der Waals surface area contributed by atoms with Gasteiger partial charge in [-0.3, -0.25) is 0 Å². The van der Waals surface area contributed by atoms with Gasteiger partial charge in [0.05, 0.1) is 0 Å².